The Morgan fingerprint density at radius 2 is 2.00 bits per heavy atom. The first kappa shape index (κ1) is 18.5. The SMILES string of the molecule is C=CCOc1cccc(NC(=O)c2ccc(C)c(NS(C)(=O)=O)c2)c1. The smallest absolute Gasteiger partial charge is 0.255 e. The molecule has 0 atom stereocenters. The molecule has 0 fully saturated rings. The Bertz CT molecular complexity index is 892. The van der Waals surface area contributed by atoms with Gasteiger partial charge in [-0.2, -0.15) is 0 Å². The molecule has 2 N–H and O–H groups in total. The van der Waals surface area contributed by atoms with Crippen LogP contribution < -0.4 is 14.8 Å². The van der Waals surface area contributed by atoms with Crippen molar-refractivity contribution in [1.82, 2.24) is 0 Å². The fourth-order valence-electron chi connectivity index (χ4n) is 2.09. The van der Waals surface area contributed by atoms with Crippen LogP contribution >= 0.6 is 0 Å². The van der Waals surface area contributed by atoms with Crippen LogP contribution in [-0.4, -0.2) is 27.2 Å². The van der Waals surface area contributed by atoms with E-state index in [2.05, 4.69) is 16.6 Å². The molecular formula is C18H20N2O4S. The second-order valence-corrected chi connectivity index (χ2v) is 7.23. The van der Waals surface area contributed by atoms with E-state index in [-0.39, 0.29) is 5.91 Å². The zero-order chi connectivity index (χ0) is 18.4. The highest BCUT2D eigenvalue weighted by Gasteiger charge is 2.11. The summed E-state index contributed by atoms with van der Waals surface area (Å²) in [5.41, 5.74) is 2.01. The minimum absolute atomic E-state index is 0.342. The number of nitrogens with one attached hydrogen (secondary N) is 2. The third-order valence-electron chi connectivity index (χ3n) is 3.25. The zero-order valence-electron chi connectivity index (χ0n) is 14.1. The van der Waals surface area contributed by atoms with Crippen LogP contribution in [0.25, 0.3) is 0 Å². The molecule has 1 amide bonds. The number of hydrogen-bond donors (Lipinski definition) is 2. The number of sulfonamides is 1. The molecule has 2 rings (SSSR count). The number of aryl methyl sites for hydroxylation is 1. The topological polar surface area (TPSA) is 84.5 Å². The number of anilines is 2. The maximum atomic E-state index is 12.4. The van der Waals surface area contributed by atoms with Gasteiger partial charge in [-0.25, -0.2) is 8.42 Å². The Morgan fingerprint density at radius 1 is 1.24 bits per heavy atom. The predicted octanol–water partition coefficient (Wildman–Crippen LogP) is 3.18. The number of carbonyl (C=O) groups is 1. The van der Waals surface area contributed by atoms with E-state index in [0.717, 1.165) is 11.8 Å². The molecular weight excluding hydrogens is 340 g/mol. The van der Waals surface area contributed by atoms with Gasteiger partial charge < -0.3 is 10.1 Å². The number of carbonyl (C=O) groups excluding carboxylic acids is 1. The van der Waals surface area contributed by atoms with Crippen molar-refractivity contribution in [3.63, 3.8) is 0 Å². The Labute approximate surface area is 147 Å². The van der Waals surface area contributed by atoms with E-state index < -0.39 is 10.0 Å². The molecule has 0 spiro atoms. The van der Waals surface area contributed by atoms with E-state index in [1.807, 2.05) is 0 Å². The van der Waals surface area contributed by atoms with Gasteiger partial charge in [0.2, 0.25) is 10.0 Å². The molecule has 0 unspecified atom stereocenters. The van der Waals surface area contributed by atoms with E-state index in [1.54, 1.807) is 49.4 Å². The molecule has 0 aliphatic heterocycles. The van der Waals surface area contributed by atoms with Crippen molar-refractivity contribution in [3.05, 3.63) is 66.2 Å². The van der Waals surface area contributed by atoms with E-state index in [0.29, 0.717) is 29.3 Å². The monoisotopic (exact) mass is 360 g/mol. The normalized spacial score (nSPS) is 10.8. The molecule has 0 saturated heterocycles. The van der Waals surface area contributed by atoms with Crippen LogP contribution in [0.4, 0.5) is 11.4 Å². The molecule has 6 nitrogen and oxygen atoms in total. The van der Waals surface area contributed by atoms with Crippen LogP contribution in [0.2, 0.25) is 0 Å². The van der Waals surface area contributed by atoms with Crippen molar-refractivity contribution in [1.29, 1.82) is 0 Å². The van der Waals surface area contributed by atoms with Crippen LogP contribution in [0.5, 0.6) is 5.75 Å². The molecule has 0 heterocycles. The van der Waals surface area contributed by atoms with Crippen molar-refractivity contribution in [3.8, 4) is 5.75 Å². The molecule has 7 heteroatoms. The summed E-state index contributed by atoms with van der Waals surface area (Å²) in [6.07, 6.45) is 2.70. The van der Waals surface area contributed by atoms with E-state index >= 15 is 0 Å². The van der Waals surface area contributed by atoms with Crippen LogP contribution in [0.3, 0.4) is 0 Å². The number of hydrogen-bond acceptors (Lipinski definition) is 4. The second-order valence-electron chi connectivity index (χ2n) is 5.49. The number of rotatable bonds is 7. The minimum atomic E-state index is -3.42. The highest BCUT2D eigenvalue weighted by Crippen LogP contribution is 2.21. The summed E-state index contributed by atoms with van der Waals surface area (Å²) in [7, 11) is -3.42. The maximum absolute atomic E-state index is 12.4. The van der Waals surface area contributed by atoms with Crippen molar-refractivity contribution in [2.24, 2.45) is 0 Å². The Balaban J connectivity index is 2.18. The lowest BCUT2D eigenvalue weighted by Gasteiger charge is -2.11. The molecule has 0 aromatic heterocycles. The zero-order valence-corrected chi connectivity index (χ0v) is 14.9. The average molecular weight is 360 g/mol. The molecule has 25 heavy (non-hydrogen) atoms. The Morgan fingerprint density at radius 3 is 2.68 bits per heavy atom. The number of benzene rings is 2. The van der Waals surface area contributed by atoms with Gasteiger partial charge in [-0.1, -0.05) is 24.8 Å². The van der Waals surface area contributed by atoms with Gasteiger partial charge >= 0.3 is 0 Å². The first-order valence-electron chi connectivity index (χ1n) is 7.52. The average Bonchev–Trinajstić information content (AvgIpc) is 2.54. The molecule has 2 aromatic rings. The van der Waals surface area contributed by atoms with Crippen molar-refractivity contribution in [2.45, 2.75) is 6.92 Å². The number of amides is 1. The van der Waals surface area contributed by atoms with Crippen molar-refractivity contribution < 1.29 is 17.9 Å². The summed E-state index contributed by atoms with van der Waals surface area (Å²) in [6.45, 7) is 5.71. The first-order chi connectivity index (χ1) is 11.8. The largest absolute Gasteiger partial charge is 0.489 e. The summed E-state index contributed by atoms with van der Waals surface area (Å²) >= 11 is 0. The molecule has 0 radical (unpaired) electrons. The quantitative estimate of drug-likeness (QED) is 0.743. The molecule has 0 aliphatic carbocycles. The molecule has 2 aromatic carbocycles. The van der Waals surface area contributed by atoms with Gasteiger partial charge in [-0.3, -0.25) is 9.52 Å². The lowest BCUT2D eigenvalue weighted by Crippen LogP contribution is -2.14. The highest BCUT2D eigenvalue weighted by atomic mass is 32.2. The van der Waals surface area contributed by atoms with Gasteiger partial charge in [0.05, 0.1) is 11.9 Å². The summed E-state index contributed by atoms with van der Waals surface area (Å²) < 4.78 is 30.7. The summed E-state index contributed by atoms with van der Waals surface area (Å²) in [5, 5.41) is 2.76. The summed E-state index contributed by atoms with van der Waals surface area (Å²) in [5.74, 6) is 0.262. The molecule has 0 bridgehead atoms. The van der Waals surface area contributed by atoms with Gasteiger partial charge in [-0.15, -0.1) is 0 Å². The third kappa shape index (κ3) is 5.65. The number of ether oxygens (including phenoxy) is 1. The van der Waals surface area contributed by atoms with Crippen molar-refractivity contribution >= 4 is 27.3 Å². The molecule has 0 aliphatic rings. The van der Waals surface area contributed by atoms with Crippen LogP contribution in [0.15, 0.2) is 55.1 Å². The standard InChI is InChI=1S/C18H20N2O4S/c1-4-10-24-16-7-5-6-15(12-16)19-18(21)14-9-8-13(2)17(11-14)20-25(3,22)23/h4-9,11-12,20H,1,10H2,2-3H3,(H,19,21). The van der Waals surface area contributed by atoms with Gasteiger partial charge in [0.15, 0.2) is 0 Å². The second kappa shape index (κ2) is 7.85. The van der Waals surface area contributed by atoms with E-state index in [4.69, 9.17) is 4.74 Å². The Hall–Kier alpha value is -2.80. The van der Waals surface area contributed by atoms with Gasteiger partial charge in [0.25, 0.3) is 5.91 Å². The van der Waals surface area contributed by atoms with Gasteiger partial charge in [0.1, 0.15) is 12.4 Å². The summed E-state index contributed by atoms with van der Waals surface area (Å²) in [4.78, 5) is 12.4. The Kier molecular flexibility index (Phi) is 5.82. The predicted molar refractivity (Wildman–Crippen MR) is 99.7 cm³/mol. The van der Waals surface area contributed by atoms with E-state index in [1.165, 1.54) is 6.07 Å². The van der Waals surface area contributed by atoms with Gasteiger partial charge in [-0.05, 0) is 36.8 Å². The molecule has 132 valence electrons. The van der Waals surface area contributed by atoms with Crippen molar-refractivity contribution in [2.75, 3.05) is 22.9 Å². The summed E-state index contributed by atoms with van der Waals surface area (Å²) in [6, 6.07) is 11.8. The minimum Gasteiger partial charge on any atom is -0.489 e. The lowest BCUT2D eigenvalue weighted by atomic mass is 10.1. The van der Waals surface area contributed by atoms with Crippen LogP contribution in [0.1, 0.15) is 15.9 Å². The maximum Gasteiger partial charge on any atom is 0.255 e. The fourth-order valence-corrected chi connectivity index (χ4v) is 2.71. The third-order valence-corrected chi connectivity index (χ3v) is 3.85. The first-order valence-corrected chi connectivity index (χ1v) is 9.41. The van der Waals surface area contributed by atoms with E-state index in [9.17, 15) is 13.2 Å². The van der Waals surface area contributed by atoms with Gasteiger partial charge in [0, 0.05) is 17.3 Å². The highest BCUT2D eigenvalue weighted by molar-refractivity contribution is 7.92. The lowest BCUT2D eigenvalue weighted by molar-refractivity contribution is 0.102. The van der Waals surface area contributed by atoms with Crippen LogP contribution in [-0.2, 0) is 10.0 Å². The fraction of sp³-hybridized carbons (Fsp3) is 0.167. The molecule has 0 saturated carbocycles. The van der Waals surface area contributed by atoms with Crippen LogP contribution in [0, 0.1) is 6.92 Å².